The van der Waals surface area contributed by atoms with Crippen LogP contribution in [0.1, 0.15) is 33.6 Å². The van der Waals surface area contributed by atoms with Crippen molar-refractivity contribution < 1.29 is 10.2 Å². The van der Waals surface area contributed by atoms with Gasteiger partial charge in [0.05, 0.1) is 12.2 Å². The molecule has 2 N–H and O–H groups in total. The summed E-state index contributed by atoms with van der Waals surface area (Å²) in [5, 5.41) is 19.6. The molecule has 0 aromatic carbocycles. The molecule has 0 heterocycles. The maximum atomic E-state index is 9.98. The van der Waals surface area contributed by atoms with Gasteiger partial charge in [0.1, 0.15) is 0 Å². The molecule has 2 nitrogen and oxygen atoms in total. The molecule has 0 aliphatic heterocycles. The van der Waals surface area contributed by atoms with Crippen molar-refractivity contribution in [1.82, 2.24) is 0 Å². The van der Waals surface area contributed by atoms with Crippen molar-refractivity contribution in [3.05, 3.63) is 12.2 Å². The van der Waals surface area contributed by atoms with E-state index in [1.165, 1.54) is 0 Å². The summed E-state index contributed by atoms with van der Waals surface area (Å²) in [6.07, 6.45) is 0.839. The summed E-state index contributed by atoms with van der Waals surface area (Å²) in [5.41, 5.74) is 0.471. The highest BCUT2D eigenvalue weighted by Crippen LogP contribution is 2.43. The smallest absolute Gasteiger partial charge is 0.0828 e. The number of hydrogen-bond donors (Lipinski definition) is 2. The molecular formula is C11H20O2. The molecule has 0 saturated heterocycles. The lowest BCUT2D eigenvalue weighted by molar-refractivity contribution is -0.0578. The van der Waals surface area contributed by atoms with Crippen LogP contribution < -0.4 is 0 Å². The number of aliphatic hydroxyl groups excluding tert-OH is 2. The molecule has 1 aliphatic rings. The first kappa shape index (κ1) is 10.7. The van der Waals surface area contributed by atoms with E-state index in [0.717, 1.165) is 18.4 Å². The Morgan fingerprint density at radius 2 is 2.15 bits per heavy atom. The predicted molar refractivity (Wildman–Crippen MR) is 53.3 cm³/mol. The SMILES string of the molecule is C=C1C(C)CCC(C)(C(C)O)C1O. The third-order valence-corrected chi connectivity index (χ3v) is 3.68. The van der Waals surface area contributed by atoms with Gasteiger partial charge in [-0.1, -0.05) is 20.4 Å². The first-order chi connectivity index (χ1) is 5.89. The highest BCUT2D eigenvalue weighted by atomic mass is 16.3. The molecule has 1 rings (SSSR count). The van der Waals surface area contributed by atoms with Crippen LogP contribution in [0.25, 0.3) is 0 Å². The zero-order valence-electron chi connectivity index (χ0n) is 8.75. The normalized spacial score (nSPS) is 43.3. The van der Waals surface area contributed by atoms with Crippen LogP contribution in [0.2, 0.25) is 0 Å². The van der Waals surface area contributed by atoms with E-state index in [9.17, 15) is 10.2 Å². The average Bonchev–Trinajstić information content (AvgIpc) is 2.08. The van der Waals surface area contributed by atoms with Gasteiger partial charge in [0.25, 0.3) is 0 Å². The summed E-state index contributed by atoms with van der Waals surface area (Å²) >= 11 is 0. The fourth-order valence-electron chi connectivity index (χ4n) is 1.98. The summed E-state index contributed by atoms with van der Waals surface area (Å²) in [4.78, 5) is 0. The highest BCUT2D eigenvalue weighted by molar-refractivity contribution is 5.15. The number of aliphatic hydroxyl groups is 2. The fourth-order valence-corrected chi connectivity index (χ4v) is 1.98. The quantitative estimate of drug-likeness (QED) is 0.609. The predicted octanol–water partition coefficient (Wildman–Crippen LogP) is 1.72. The van der Waals surface area contributed by atoms with Gasteiger partial charge in [-0.25, -0.2) is 0 Å². The lowest BCUT2D eigenvalue weighted by Crippen LogP contribution is -2.46. The second kappa shape index (κ2) is 3.43. The van der Waals surface area contributed by atoms with E-state index >= 15 is 0 Å². The van der Waals surface area contributed by atoms with Gasteiger partial charge < -0.3 is 10.2 Å². The topological polar surface area (TPSA) is 40.5 Å². The molecule has 1 fully saturated rings. The molecule has 0 amide bonds. The molecule has 13 heavy (non-hydrogen) atoms. The molecule has 1 aliphatic carbocycles. The minimum Gasteiger partial charge on any atom is -0.393 e. The maximum absolute atomic E-state index is 9.98. The summed E-state index contributed by atoms with van der Waals surface area (Å²) in [5.74, 6) is 0.377. The Bertz CT molecular complexity index is 210. The second-order valence-electron chi connectivity index (χ2n) is 4.60. The van der Waals surface area contributed by atoms with Gasteiger partial charge in [-0.15, -0.1) is 0 Å². The minimum absolute atomic E-state index is 0.377. The Kier molecular flexibility index (Phi) is 2.83. The van der Waals surface area contributed by atoms with Crippen molar-refractivity contribution in [2.75, 3.05) is 0 Å². The van der Waals surface area contributed by atoms with Crippen molar-refractivity contribution in [2.24, 2.45) is 11.3 Å². The minimum atomic E-state index is -0.559. The maximum Gasteiger partial charge on any atom is 0.0828 e. The van der Waals surface area contributed by atoms with Gasteiger partial charge in [0.15, 0.2) is 0 Å². The molecular weight excluding hydrogens is 164 g/mol. The molecule has 2 heteroatoms. The van der Waals surface area contributed by atoms with Crippen LogP contribution in [0.4, 0.5) is 0 Å². The van der Waals surface area contributed by atoms with Gasteiger partial charge in [0.2, 0.25) is 0 Å². The third kappa shape index (κ3) is 1.65. The van der Waals surface area contributed by atoms with Gasteiger partial charge in [-0.05, 0) is 31.3 Å². The van der Waals surface area contributed by atoms with Crippen molar-refractivity contribution in [1.29, 1.82) is 0 Å². The lowest BCUT2D eigenvalue weighted by Gasteiger charge is -2.44. The van der Waals surface area contributed by atoms with Crippen LogP contribution in [0.3, 0.4) is 0 Å². The van der Waals surface area contributed by atoms with E-state index in [1.807, 2.05) is 6.92 Å². The van der Waals surface area contributed by atoms with Crippen LogP contribution in [-0.4, -0.2) is 22.4 Å². The first-order valence-electron chi connectivity index (χ1n) is 4.94. The molecule has 1 saturated carbocycles. The summed E-state index contributed by atoms with van der Waals surface area (Å²) in [6.45, 7) is 9.64. The van der Waals surface area contributed by atoms with Crippen molar-refractivity contribution in [2.45, 2.75) is 45.8 Å². The third-order valence-electron chi connectivity index (χ3n) is 3.68. The van der Waals surface area contributed by atoms with Gasteiger partial charge in [-0.3, -0.25) is 0 Å². The zero-order valence-corrected chi connectivity index (χ0v) is 8.75. The van der Waals surface area contributed by atoms with E-state index in [1.54, 1.807) is 6.92 Å². The van der Waals surface area contributed by atoms with E-state index in [0.29, 0.717) is 5.92 Å². The molecule has 0 bridgehead atoms. The fraction of sp³-hybridized carbons (Fsp3) is 0.818. The molecule has 4 atom stereocenters. The summed E-state index contributed by atoms with van der Waals surface area (Å²) in [6, 6.07) is 0. The second-order valence-corrected chi connectivity index (χ2v) is 4.60. The monoisotopic (exact) mass is 184 g/mol. The van der Waals surface area contributed by atoms with Crippen molar-refractivity contribution in [3.63, 3.8) is 0 Å². The number of rotatable bonds is 1. The molecule has 4 unspecified atom stereocenters. The van der Waals surface area contributed by atoms with Gasteiger partial charge in [0, 0.05) is 5.41 Å². The summed E-state index contributed by atoms with van der Waals surface area (Å²) in [7, 11) is 0. The zero-order chi connectivity index (χ0) is 10.2. The van der Waals surface area contributed by atoms with E-state index in [2.05, 4.69) is 13.5 Å². The van der Waals surface area contributed by atoms with Gasteiger partial charge >= 0.3 is 0 Å². The summed E-state index contributed by atoms with van der Waals surface area (Å²) < 4.78 is 0. The lowest BCUT2D eigenvalue weighted by atomic mass is 9.65. The van der Waals surface area contributed by atoms with E-state index < -0.39 is 17.6 Å². The Labute approximate surface area is 80.3 Å². The van der Waals surface area contributed by atoms with Crippen LogP contribution >= 0.6 is 0 Å². The molecule has 0 aromatic heterocycles. The molecule has 0 spiro atoms. The van der Waals surface area contributed by atoms with Crippen LogP contribution in [0.15, 0.2) is 12.2 Å². The van der Waals surface area contributed by atoms with Crippen LogP contribution in [-0.2, 0) is 0 Å². The Morgan fingerprint density at radius 1 is 1.62 bits per heavy atom. The van der Waals surface area contributed by atoms with Gasteiger partial charge in [-0.2, -0.15) is 0 Å². The van der Waals surface area contributed by atoms with Crippen LogP contribution in [0.5, 0.6) is 0 Å². The van der Waals surface area contributed by atoms with Crippen molar-refractivity contribution >= 4 is 0 Å². The van der Waals surface area contributed by atoms with E-state index in [4.69, 9.17) is 0 Å². The largest absolute Gasteiger partial charge is 0.393 e. The Hall–Kier alpha value is -0.340. The average molecular weight is 184 g/mol. The molecule has 0 aromatic rings. The first-order valence-corrected chi connectivity index (χ1v) is 4.94. The van der Waals surface area contributed by atoms with Crippen LogP contribution in [0, 0.1) is 11.3 Å². The molecule has 76 valence electrons. The van der Waals surface area contributed by atoms with E-state index in [-0.39, 0.29) is 0 Å². The van der Waals surface area contributed by atoms with Crippen molar-refractivity contribution in [3.8, 4) is 0 Å². The standard InChI is InChI=1S/C11H20O2/c1-7-5-6-11(4,9(3)12)10(13)8(7)2/h7,9-10,12-13H,2,5-6H2,1,3-4H3. The number of hydrogen-bond acceptors (Lipinski definition) is 2. The highest BCUT2D eigenvalue weighted by Gasteiger charge is 2.43. The Morgan fingerprint density at radius 3 is 2.62 bits per heavy atom. The Balaban J connectivity index is 2.86. The molecule has 0 radical (unpaired) electrons.